The minimum atomic E-state index is -0.147. The van der Waals surface area contributed by atoms with Crippen molar-refractivity contribution in [1.82, 2.24) is 10.1 Å². The molecular formula is C7H14N4O. The van der Waals surface area contributed by atoms with Gasteiger partial charge in [0.1, 0.15) is 0 Å². The second-order valence-electron chi connectivity index (χ2n) is 2.84. The standard InChI is InChI=1S/C7H14N4O/c1-4-5(8)6-9-7(10-12-6)11(2)3/h5H,4,8H2,1-3H3/t5-/m1/s1. The molecular weight excluding hydrogens is 156 g/mol. The van der Waals surface area contributed by atoms with Gasteiger partial charge in [-0.05, 0) is 11.6 Å². The van der Waals surface area contributed by atoms with Gasteiger partial charge in [-0.25, -0.2) is 0 Å². The summed E-state index contributed by atoms with van der Waals surface area (Å²) in [6.45, 7) is 1.98. The predicted octanol–water partition coefficient (Wildman–Crippen LogP) is 0.545. The van der Waals surface area contributed by atoms with Crippen LogP contribution in [0, 0.1) is 0 Å². The summed E-state index contributed by atoms with van der Waals surface area (Å²) < 4.78 is 4.95. The zero-order chi connectivity index (χ0) is 9.14. The first-order valence-electron chi connectivity index (χ1n) is 3.91. The summed E-state index contributed by atoms with van der Waals surface area (Å²) in [5.74, 6) is 1.06. The molecule has 0 saturated heterocycles. The van der Waals surface area contributed by atoms with Gasteiger partial charge < -0.3 is 15.2 Å². The fourth-order valence-corrected chi connectivity index (χ4v) is 0.734. The van der Waals surface area contributed by atoms with Crippen LogP contribution in [0.3, 0.4) is 0 Å². The number of anilines is 1. The highest BCUT2D eigenvalue weighted by Gasteiger charge is 2.13. The fraction of sp³-hybridized carbons (Fsp3) is 0.714. The van der Waals surface area contributed by atoms with Crippen LogP contribution >= 0.6 is 0 Å². The number of hydrogen-bond donors (Lipinski definition) is 1. The van der Waals surface area contributed by atoms with E-state index in [0.717, 1.165) is 6.42 Å². The van der Waals surface area contributed by atoms with Crippen LogP contribution in [0.15, 0.2) is 4.52 Å². The smallest absolute Gasteiger partial charge is 0.265 e. The largest absolute Gasteiger partial charge is 0.344 e. The number of nitrogens with two attached hydrogens (primary N) is 1. The molecule has 0 unspecified atom stereocenters. The molecule has 0 aliphatic rings. The van der Waals surface area contributed by atoms with Crippen LogP contribution < -0.4 is 10.6 Å². The van der Waals surface area contributed by atoms with Crippen molar-refractivity contribution in [2.75, 3.05) is 19.0 Å². The van der Waals surface area contributed by atoms with Crippen LogP contribution in [0.1, 0.15) is 25.3 Å². The molecule has 2 N–H and O–H groups in total. The number of aromatic nitrogens is 2. The van der Waals surface area contributed by atoms with Gasteiger partial charge in [0, 0.05) is 14.1 Å². The second kappa shape index (κ2) is 3.53. The maximum Gasteiger partial charge on any atom is 0.265 e. The van der Waals surface area contributed by atoms with E-state index < -0.39 is 0 Å². The van der Waals surface area contributed by atoms with Crippen LogP contribution in [0.2, 0.25) is 0 Å². The molecule has 0 aliphatic heterocycles. The second-order valence-corrected chi connectivity index (χ2v) is 2.84. The van der Waals surface area contributed by atoms with Crippen molar-refractivity contribution in [2.24, 2.45) is 5.73 Å². The van der Waals surface area contributed by atoms with Gasteiger partial charge in [0.05, 0.1) is 6.04 Å². The maximum absolute atomic E-state index is 5.69. The summed E-state index contributed by atoms with van der Waals surface area (Å²) in [6, 6.07) is -0.147. The van der Waals surface area contributed by atoms with Crippen molar-refractivity contribution in [3.63, 3.8) is 0 Å². The number of nitrogens with zero attached hydrogens (tertiary/aromatic N) is 3. The Kier molecular flexibility index (Phi) is 2.65. The van der Waals surface area contributed by atoms with E-state index in [1.807, 2.05) is 21.0 Å². The Balaban J connectivity index is 2.77. The molecule has 1 atom stereocenters. The third-order valence-electron chi connectivity index (χ3n) is 1.59. The van der Waals surface area contributed by atoms with Crippen LogP contribution in [-0.4, -0.2) is 24.2 Å². The lowest BCUT2D eigenvalue weighted by molar-refractivity contribution is 0.352. The van der Waals surface area contributed by atoms with Gasteiger partial charge in [-0.3, -0.25) is 0 Å². The third kappa shape index (κ3) is 1.73. The van der Waals surface area contributed by atoms with Crippen molar-refractivity contribution in [1.29, 1.82) is 0 Å². The van der Waals surface area contributed by atoms with Gasteiger partial charge in [-0.2, -0.15) is 4.98 Å². The minimum absolute atomic E-state index is 0.147. The summed E-state index contributed by atoms with van der Waals surface area (Å²) in [7, 11) is 3.71. The van der Waals surface area contributed by atoms with Crippen molar-refractivity contribution in [2.45, 2.75) is 19.4 Å². The van der Waals surface area contributed by atoms with Gasteiger partial charge in [0.15, 0.2) is 0 Å². The van der Waals surface area contributed by atoms with E-state index in [9.17, 15) is 0 Å². The van der Waals surface area contributed by atoms with Crippen LogP contribution in [0.5, 0.6) is 0 Å². The summed E-state index contributed by atoms with van der Waals surface area (Å²) >= 11 is 0. The zero-order valence-electron chi connectivity index (χ0n) is 7.61. The zero-order valence-corrected chi connectivity index (χ0v) is 7.61. The lowest BCUT2D eigenvalue weighted by Gasteiger charge is -2.03. The van der Waals surface area contributed by atoms with E-state index in [-0.39, 0.29) is 6.04 Å². The third-order valence-corrected chi connectivity index (χ3v) is 1.59. The maximum atomic E-state index is 5.69. The van der Waals surface area contributed by atoms with Gasteiger partial charge in [0.25, 0.3) is 5.95 Å². The minimum Gasteiger partial charge on any atom is -0.344 e. The summed E-state index contributed by atoms with van der Waals surface area (Å²) in [5.41, 5.74) is 5.69. The molecule has 0 bridgehead atoms. The Morgan fingerprint density at radius 3 is 2.67 bits per heavy atom. The fourth-order valence-electron chi connectivity index (χ4n) is 0.734. The quantitative estimate of drug-likeness (QED) is 0.717. The molecule has 12 heavy (non-hydrogen) atoms. The monoisotopic (exact) mass is 170 g/mol. The van der Waals surface area contributed by atoms with Gasteiger partial charge in [0.2, 0.25) is 5.89 Å². The normalized spacial score (nSPS) is 13.0. The molecule has 1 aromatic heterocycles. The van der Waals surface area contributed by atoms with Crippen molar-refractivity contribution in [3.8, 4) is 0 Å². The van der Waals surface area contributed by atoms with Crippen LogP contribution in [0.4, 0.5) is 5.95 Å². The molecule has 1 rings (SSSR count). The molecule has 0 saturated carbocycles. The van der Waals surface area contributed by atoms with E-state index in [0.29, 0.717) is 11.8 Å². The number of hydrogen-bond acceptors (Lipinski definition) is 5. The average molecular weight is 170 g/mol. The first-order valence-corrected chi connectivity index (χ1v) is 3.91. The molecule has 0 spiro atoms. The molecule has 5 heteroatoms. The van der Waals surface area contributed by atoms with E-state index in [1.54, 1.807) is 4.90 Å². The molecule has 0 fully saturated rings. The van der Waals surface area contributed by atoms with Crippen molar-refractivity contribution < 1.29 is 4.52 Å². The lowest BCUT2D eigenvalue weighted by atomic mass is 10.2. The molecule has 1 heterocycles. The van der Waals surface area contributed by atoms with Gasteiger partial charge >= 0.3 is 0 Å². The van der Waals surface area contributed by atoms with Crippen molar-refractivity contribution >= 4 is 5.95 Å². The molecule has 5 nitrogen and oxygen atoms in total. The average Bonchev–Trinajstić information content (AvgIpc) is 2.51. The summed E-state index contributed by atoms with van der Waals surface area (Å²) in [6.07, 6.45) is 0.801. The Labute approximate surface area is 71.5 Å². The van der Waals surface area contributed by atoms with Gasteiger partial charge in [-0.15, -0.1) is 0 Å². The number of rotatable bonds is 3. The SMILES string of the molecule is CC[C@@H](N)c1nc(N(C)C)no1. The first-order chi connectivity index (χ1) is 5.65. The topological polar surface area (TPSA) is 68.2 Å². The lowest BCUT2D eigenvalue weighted by Crippen LogP contribution is -2.12. The highest BCUT2D eigenvalue weighted by Crippen LogP contribution is 2.13. The Hall–Kier alpha value is -1.10. The molecule has 0 aliphatic carbocycles. The summed E-state index contributed by atoms with van der Waals surface area (Å²) in [4.78, 5) is 5.88. The van der Waals surface area contributed by atoms with Crippen LogP contribution in [0.25, 0.3) is 0 Å². The Morgan fingerprint density at radius 1 is 1.58 bits per heavy atom. The molecule has 0 aromatic carbocycles. The van der Waals surface area contributed by atoms with E-state index in [1.165, 1.54) is 0 Å². The first kappa shape index (κ1) is 8.99. The van der Waals surface area contributed by atoms with E-state index in [4.69, 9.17) is 10.3 Å². The highest BCUT2D eigenvalue weighted by atomic mass is 16.5. The Morgan fingerprint density at radius 2 is 2.25 bits per heavy atom. The highest BCUT2D eigenvalue weighted by molar-refractivity contribution is 5.23. The van der Waals surface area contributed by atoms with Gasteiger partial charge in [-0.1, -0.05) is 6.92 Å². The molecule has 68 valence electrons. The summed E-state index contributed by atoms with van der Waals surface area (Å²) in [5, 5.41) is 3.74. The Bertz CT molecular complexity index is 245. The van der Waals surface area contributed by atoms with Crippen molar-refractivity contribution in [3.05, 3.63) is 5.89 Å². The molecule has 1 aromatic rings. The van der Waals surface area contributed by atoms with Crippen LogP contribution in [-0.2, 0) is 0 Å². The predicted molar refractivity (Wildman–Crippen MR) is 45.8 cm³/mol. The van der Waals surface area contributed by atoms with E-state index in [2.05, 4.69) is 10.1 Å². The van der Waals surface area contributed by atoms with E-state index >= 15 is 0 Å². The molecule has 0 amide bonds. The molecule has 0 radical (unpaired) electrons.